The van der Waals surface area contributed by atoms with Gasteiger partial charge in [-0.2, -0.15) is 0 Å². The fourth-order valence-electron chi connectivity index (χ4n) is 2.39. The minimum absolute atomic E-state index is 0.881. The number of rotatable bonds is 6. The van der Waals surface area contributed by atoms with Crippen LogP contribution < -0.4 is 0 Å². The molecule has 0 radical (unpaired) electrons. The van der Waals surface area contributed by atoms with E-state index >= 15 is 0 Å². The predicted molar refractivity (Wildman–Crippen MR) is 80.4 cm³/mol. The van der Waals surface area contributed by atoms with E-state index in [9.17, 15) is 0 Å². The van der Waals surface area contributed by atoms with Crippen LogP contribution in [0, 0.1) is 11.8 Å². The number of hydrogen-bond donors (Lipinski definition) is 0. The van der Waals surface area contributed by atoms with Crippen molar-refractivity contribution in [2.75, 3.05) is 32.3 Å². The van der Waals surface area contributed by atoms with E-state index in [2.05, 4.69) is 46.0 Å². The summed E-state index contributed by atoms with van der Waals surface area (Å²) in [6, 6.07) is 0. The van der Waals surface area contributed by atoms with Crippen LogP contribution in [0.25, 0.3) is 0 Å². The van der Waals surface area contributed by atoms with Crippen LogP contribution in [0.3, 0.4) is 0 Å². The van der Waals surface area contributed by atoms with E-state index in [1.807, 2.05) is 0 Å². The van der Waals surface area contributed by atoms with Crippen molar-refractivity contribution in [3.63, 3.8) is 0 Å². The fourth-order valence-corrected chi connectivity index (χ4v) is 3.96. The molecule has 0 bridgehead atoms. The molecule has 1 heteroatoms. The Labute approximate surface area is 103 Å². The Morgan fingerprint density at radius 1 is 1.25 bits per heavy atom. The number of hydrogen-bond acceptors (Lipinski definition) is 0. The van der Waals surface area contributed by atoms with Gasteiger partial charge in [-0.25, -0.2) is 0 Å². The second kappa shape index (κ2) is 5.21. The first-order chi connectivity index (χ1) is 7.35. The third kappa shape index (κ3) is 4.21. The van der Waals surface area contributed by atoms with E-state index in [4.69, 9.17) is 0 Å². The van der Waals surface area contributed by atoms with Gasteiger partial charge in [0.2, 0.25) is 0 Å². The molecule has 0 aromatic carbocycles. The molecule has 0 nitrogen and oxygen atoms in total. The summed E-state index contributed by atoms with van der Waals surface area (Å²) in [5, 5.41) is 0. The van der Waals surface area contributed by atoms with Gasteiger partial charge in [-0.1, -0.05) is 0 Å². The zero-order chi connectivity index (χ0) is 12.3. The zero-order valence-electron chi connectivity index (χ0n) is 12.0. The average Bonchev–Trinajstić information content (AvgIpc) is 2.12. The molecule has 0 aromatic rings. The monoisotopic (exact) mass is 242 g/mol. The molecule has 0 heterocycles. The summed E-state index contributed by atoms with van der Waals surface area (Å²) >= 11 is 0. The quantitative estimate of drug-likeness (QED) is 0.462. The van der Waals surface area contributed by atoms with Crippen LogP contribution in [0.15, 0.2) is 12.2 Å². The van der Waals surface area contributed by atoms with E-state index in [-0.39, 0.29) is 0 Å². The van der Waals surface area contributed by atoms with Crippen molar-refractivity contribution in [3.8, 4) is 0 Å². The normalized spacial score (nSPS) is 22.7. The van der Waals surface area contributed by atoms with Crippen molar-refractivity contribution in [1.29, 1.82) is 0 Å². The van der Waals surface area contributed by atoms with Crippen molar-refractivity contribution in [2.45, 2.75) is 39.5 Å². The first-order valence-electron chi connectivity index (χ1n) is 6.98. The summed E-state index contributed by atoms with van der Waals surface area (Å²) in [5.74, 6) is 1.90. The summed E-state index contributed by atoms with van der Waals surface area (Å²) in [6.45, 7) is 10.9. The summed E-state index contributed by atoms with van der Waals surface area (Å²) in [5.41, 5.74) is 0. The van der Waals surface area contributed by atoms with Crippen LogP contribution in [0.5, 0.6) is 0 Å². The van der Waals surface area contributed by atoms with E-state index in [0.717, 1.165) is 11.8 Å². The van der Waals surface area contributed by atoms with Gasteiger partial charge in [0.15, 0.2) is 0 Å². The van der Waals surface area contributed by atoms with Gasteiger partial charge in [0.1, 0.15) is 0 Å². The van der Waals surface area contributed by atoms with Gasteiger partial charge in [0.25, 0.3) is 0 Å². The van der Waals surface area contributed by atoms with Gasteiger partial charge in [-0.15, -0.1) is 0 Å². The summed E-state index contributed by atoms with van der Waals surface area (Å²) in [7, 11) is 0. The second-order valence-corrected chi connectivity index (χ2v) is 15.2. The fraction of sp³-hybridized carbons (Fsp3) is 0.867. The Kier molecular flexibility index (Phi) is 4.64. The Bertz CT molecular complexity index is 240. The molecular weight excluding hydrogens is 211 g/mol. The molecule has 1 fully saturated rings. The molecule has 1 aliphatic rings. The van der Waals surface area contributed by atoms with Gasteiger partial charge in [0, 0.05) is 0 Å². The Morgan fingerprint density at radius 2 is 1.88 bits per heavy atom. The van der Waals surface area contributed by atoms with Crippen LogP contribution >= 0.6 is 6.60 Å². The molecule has 0 spiro atoms. The summed E-state index contributed by atoms with van der Waals surface area (Å²) in [6.07, 6.45) is 13.5. The van der Waals surface area contributed by atoms with Crippen molar-refractivity contribution >= 4 is 6.60 Å². The van der Waals surface area contributed by atoms with Gasteiger partial charge in [-0.3, -0.25) is 0 Å². The van der Waals surface area contributed by atoms with E-state index in [0.29, 0.717) is 0 Å². The maximum atomic E-state index is 2.55. The van der Waals surface area contributed by atoms with Crippen molar-refractivity contribution in [1.82, 2.24) is 0 Å². The first-order valence-corrected chi connectivity index (χ1v) is 10.9. The van der Waals surface area contributed by atoms with Crippen LogP contribution in [0.2, 0.25) is 0 Å². The molecule has 0 N–H and O–H groups in total. The standard InChI is InChI=1S/C15H31P/c1-6-9-14(15-10-8-11-15)12-13-16(3,4,5)7-2/h6,9,14-15H,7-8,10-13H2,1-5H3. The predicted octanol–water partition coefficient (Wildman–Crippen LogP) is 4.83. The van der Waals surface area contributed by atoms with Crippen molar-refractivity contribution in [2.24, 2.45) is 11.8 Å². The van der Waals surface area contributed by atoms with Crippen LogP contribution in [0.1, 0.15) is 39.5 Å². The van der Waals surface area contributed by atoms with Crippen molar-refractivity contribution in [3.05, 3.63) is 12.2 Å². The number of allylic oxidation sites excluding steroid dienone is 2. The molecule has 16 heavy (non-hydrogen) atoms. The molecule has 0 amide bonds. The molecule has 1 atom stereocenters. The van der Waals surface area contributed by atoms with E-state index in [1.54, 1.807) is 0 Å². The van der Waals surface area contributed by atoms with Crippen LogP contribution in [-0.2, 0) is 0 Å². The first kappa shape index (κ1) is 14.2. The molecule has 96 valence electrons. The molecule has 1 aliphatic carbocycles. The topological polar surface area (TPSA) is 0 Å². The SMILES string of the molecule is CC=CC(CCP(C)(C)(C)CC)C1CCC1. The minimum atomic E-state index is -1.30. The van der Waals surface area contributed by atoms with Crippen LogP contribution in [-0.4, -0.2) is 32.3 Å². The molecular formula is C15H31P. The van der Waals surface area contributed by atoms with Gasteiger partial charge in [-0.05, 0) is 0 Å². The molecule has 1 rings (SSSR count). The van der Waals surface area contributed by atoms with Gasteiger partial charge in [0.05, 0.1) is 0 Å². The van der Waals surface area contributed by atoms with Gasteiger partial charge < -0.3 is 0 Å². The van der Waals surface area contributed by atoms with Crippen molar-refractivity contribution < 1.29 is 0 Å². The molecule has 0 aromatic heterocycles. The van der Waals surface area contributed by atoms with Crippen LogP contribution in [0.4, 0.5) is 0 Å². The average molecular weight is 242 g/mol. The maximum absolute atomic E-state index is 2.55. The summed E-state index contributed by atoms with van der Waals surface area (Å²) in [4.78, 5) is 0. The Morgan fingerprint density at radius 3 is 2.25 bits per heavy atom. The molecule has 1 saturated carbocycles. The molecule has 1 unspecified atom stereocenters. The Balaban J connectivity index is 2.49. The van der Waals surface area contributed by atoms with Gasteiger partial charge >= 0.3 is 102 Å². The third-order valence-electron chi connectivity index (χ3n) is 4.66. The van der Waals surface area contributed by atoms with E-state index in [1.165, 1.54) is 38.0 Å². The molecule has 0 saturated heterocycles. The molecule has 0 aliphatic heterocycles. The Hall–Kier alpha value is 0.170. The second-order valence-electron chi connectivity index (χ2n) is 7.17. The van der Waals surface area contributed by atoms with E-state index < -0.39 is 6.60 Å². The third-order valence-corrected chi connectivity index (χ3v) is 8.92. The summed E-state index contributed by atoms with van der Waals surface area (Å²) < 4.78 is 0. The zero-order valence-corrected chi connectivity index (χ0v) is 12.9.